The van der Waals surface area contributed by atoms with Gasteiger partial charge >= 0.3 is 0 Å². The van der Waals surface area contributed by atoms with Crippen LogP contribution in [0, 0.1) is 12.1 Å². The van der Waals surface area contributed by atoms with Crippen LogP contribution in [0.15, 0.2) is 158 Å². The summed E-state index contributed by atoms with van der Waals surface area (Å²) >= 11 is 0. The highest BCUT2D eigenvalue weighted by Crippen LogP contribution is 2.51. The number of fused-ring (bicyclic) bond motifs is 9. The Kier molecular flexibility index (Phi) is 5.87. The zero-order chi connectivity index (χ0) is 32.7. The van der Waals surface area contributed by atoms with Crippen LogP contribution in [0.25, 0.3) is 60.2 Å². The lowest BCUT2D eigenvalue weighted by Crippen LogP contribution is -2.17. The van der Waals surface area contributed by atoms with E-state index < -0.39 is 0 Å². The lowest BCUT2D eigenvalue weighted by Gasteiger charge is -2.28. The van der Waals surface area contributed by atoms with Crippen molar-refractivity contribution in [3.63, 3.8) is 0 Å². The molecule has 0 radical (unpaired) electrons. The third-order valence-electron chi connectivity index (χ3n) is 10.5. The van der Waals surface area contributed by atoms with Crippen LogP contribution >= 0.6 is 0 Å². The number of nitrogens with zero attached hydrogens (tertiary/aromatic N) is 2. The summed E-state index contributed by atoms with van der Waals surface area (Å²) in [6.45, 7) is 4.75. The minimum atomic E-state index is -0.205. The fourth-order valence-electron chi connectivity index (χ4n) is 8.15. The molecule has 49 heavy (non-hydrogen) atoms. The fourth-order valence-corrected chi connectivity index (χ4v) is 8.15. The topological polar surface area (TPSA) is 8.17 Å². The normalized spacial score (nSPS) is 13.1. The fraction of sp³-hybridized carbons (Fsp3) is 0.0638. The molecule has 0 bridgehead atoms. The molecule has 0 spiro atoms. The van der Waals surface area contributed by atoms with Gasteiger partial charge in [0.25, 0.3) is 0 Å². The van der Waals surface area contributed by atoms with Crippen LogP contribution < -0.4 is 4.90 Å². The van der Waals surface area contributed by atoms with Crippen LogP contribution in [-0.4, -0.2) is 4.57 Å². The van der Waals surface area contributed by atoms with E-state index in [4.69, 9.17) is 0 Å². The minimum Gasteiger partial charge on any atom is -0.310 e. The second-order valence-electron chi connectivity index (χ2n) is 13.7. The summed E-state index contributed by atoms with van der Waals surface area (Å²) in [4.78, 5) is 2.38. The quantitative estimate of drug-likeness (QED) is 0.189. The first-order chi connectivity index (χ1) is 24.1. The monoisotopic (exact) mass is 624 g/mol. The molecule has 0 amide bonds. The predicted octanol–water partition coefficient (Wildman–Crippen LogP) is 12.5. The van der Waals surface area contributed by atoms with Gasteiger partial charge in [0.05, 0.1) is 16.4 Å². The molecule has 1 aliphatic carbocycles. The number of anilines is 3. The molecule has 0 atom stereocenters. The van der Waals surface area contributed by atoms with Crippen molar-refractivity contribution in [2.75, 3.05) is 4.90 Å². The molecule has 1 aliphatic rings. The van der Waals surface area contributed by atoms with E-state index >= 15 is 0 Å². The molecule has 2 heteroatoms. The van der Waals surface area contributed by atoms with Gasteiger partial charge in [0.15, 0.2) is 0 Å². The van der Waals surface area contributed by atoms with Crippen molar-refractivity contribution in [3.8, 4) is 16.8 Å². The van der Waals surface area contributed by atoms with Crippen LogP contribution in [0.1, 0.15) is 25.0 Å². The van der Waals surface area contributed by atoms with Gasteiger partial charge in [-0.3, -0.25) is 0 Å². The molecular formula is C47H32N2. The molecule has 0 unspecified atom stereocenters. The van der Waals surface area contributed by atoms with Gasteiger partial charge in [0, 0.05) is 44.3 Å². The van der Waals surface area contributed by atoms with E-state index in [9.17, 15) is 0 Å². The van der Waals surface area contributed by atoms with Gasteiger partial charge < -0.3 is 9.47 Å². The molecule has 0 aliphatic heterocycles. The summed E-state index contributed by atoms with van der Waals surface area (Å²) < 4.78 is 2.43. The Morgan fingerprint density at radius 3 is 2.02 bits per heavy atom. The van der Waals surface area contributed by atoms with Gasteiger partial charge in [-0.2, -0.15) is 0 Å². The van der Waals surface area contributed by atoms with Gasteiger partial charge in [-0.1, -0.05) is 123 Å². The van der Waals surface area contributed by atoms with E-state index in [0.29, 0.717) is 0 Å². The van der Waals surface area contributed by atoms with Crippen LogP contribution in [-0.2, 0) is 5.41 Å². The second kappa shape index (κ2) is 10.3. The SMILES string of the molecule is CC1(C)c2cc(N(c3ccccc3)c3ccc4ccccc4c3)ccc2-c2ccc(-n3c4ccccc4c4c#cc5ccccc5c43)cc21. The highest BCUT2D eigenvalue weighted by molar-refractivity contribution is 6.17. The number of hydrogen-bond donors (Lipinski definition) is 0. The zero-order valence-corrected chi connectivity index (χ0v) is 27.4. The van der Waals surface area contributed by atoms with E-state index in [1.807, 2.05) is 0 Å². The summed E-state index contributed by atoms with van der Waals surface area (Å²) in [5, 5.41) is 7.05. The summed E-state index contributed by atoms with van der Waals surface area (Å²) in [5.74, 6) is 0. The maximum absolute atomic E-state index is 3.51. The molecule has 10 rings (SSSR count). The number of hydrogen-bond acceptors (Lipinski definition) is 1. The lowest BCUT2D eigenvalue weighted by molar-refractivity contribution is 0.660. The van der Waals surface area contributed by atoms with Crippen LogP contribution in [0.4, 0.5) is 17.1 Å². The lowest BCUT2D eigenvalue weighted by atomic mass is 9.82. The Morgan fingerprint density at radius 2 is 1.16 bits per heavy atom. The van der Waals surface area contributed by atoms with Crippen molar-refractivity contribution < 1.29 is 0 Å². The smallest absolute Gasteiger partial charge is 0.0710 e. The van der Waals surface area contributed by atoms with Gasteiger partial charge in [-0.05, 0) is 93.7 Å². The van der Waals surface area contributed by atoms with Crippen LogP contribution in [0.3, 0.4) is 0 Å². The Bertz CT molecular complexity index is 2750. The number of rotatable bonds is 4. The van der Waals surface area contributed by atoms with E-state index in [0.717, 1.165) is 33.5 Å². The average Bonchev–Trinajstić information content (AvgIpc) is 3.61. The minimum absolute atomic E-state index is 0.205. The van der Waals surface area contributed by atoms with Crippen molar-refractivity contribution in [1.29, 1.82) is 0 Å². The maximum atomic E-state index is 3.51. The third kappa shape index (κ3) is 4.09. The summed E-state index contributed by atoms with van der Waals surface area (Å²) in [6, 6.07) is 64.3. The van der Waals surface area contributed by atoms with Gasteiger partial charge in [-0.25, -0.2) is 0 Å². The van der Waals surface area contributed by atoms with Crippen LogP contribution in [0.5, 0.6) is 0 Å². The molecule has 0 saturated carbocycles. The molecule has 0 saturated heterocycles. The second-order valence-corrected chi connectivity index (χ2v) is 13.7. The van der Waals surface area contributed by atoms with Crippen molar-refractivity contribution in [2.45, 2.75) is 19.3 Å². The number of aromatic nitrogens is 1. The number of para-hydroxylation sites is 2. The van der Waals surface area contributed by atoms with Crippen molar-refractivity contribution >= 4 is 60.4 Å². The zero-order valence-electron chi connectivity index (χ0n) is 27.4. The molecular weight excluding hydrogens is 593 g/mol. The van der Waals surface area contributed by atoms with E-state index in [1.165, 1.54) is 54.8 Å². The van der Waals surface area contributed by atoms with E-state index in [-0.39, 0.29) is 5.41 Å². The largest absolute Gasteiger partial charge is 0.310 e. The first kappa shape index (κ1) is 27.8. The Balaban J connectivity index is 1.14. The first-order valence-electron chi connectivity index (χ1n) is 16.9. The third-order valence-corrected chi connectivity index (χ3v) is 10.5. The van der Waals surface area contributed by atoms with Crippen molar-refractivity contribution in [3.05, 3.63) is 181 Å². The van der Waals surface area contributed by atoms with E-state index in [2.05, 4.69) is 193 Å². The van der Waals surface area contributed by atoms with Crippen molar-refractivity contribution in [2.24, 2.45) is 0 Å². The Hall–Kier alpha value is -6.30. The molecule has 9 aromatic rings. The highest BCUT2D eigenvalue weighted by atomic mass is 15.1. The van der Waals surface area contributed by atoms with Gasteiger partial charge in [0.1, 0.15) is 0 Å². The Morgan fingerprint density at radius 1 is 0.510 bits per heavy atom. The highest BCUT2D eigenvalue weighted by Gasteiger charge is 2.36. The molecule has 2 nitrogen and oxygen atoms in total. The van der Waals surface area contributed by atoms with Crippen molar-refractivity contribution in [1.82, 2.24) is 4.57 Å². The number of benzene rings is 7. The molecule has 8 aromatic carbocycles. The maximum Gasteiger partial charge on any atom is 0.0710 e. The first-order valence-corrected chi connectivity index (χ1v) is 16.9. The molecule has 0 N–H and O–H groups in total. The standard InChI is InChI=1S/C47H32N2/c1-47(2)43-29-36(48(34-15-4-3-5-16-34)35-22-20-31-12-6-7-14-33(31)28-35)23-26-39(43)40-27-24-37(30-44(40)47)49-45-19-11-10-18-41(45)42-25-21-32-13-8-9-17-38(32)46(42)49/h3-20,22-24,26-30H,1-2H3. The summed E-state index contributed by atoms with van der Waals surface area (Å²) in [7, 11) is 0. The van der Waals surface area contributed by atoms with E-state index in [1.54, 1.807) is 0 Å². The van der Waals surface area contributed by atoms with Crippen LogP contribution in [0.2, 0.25) is 0 Å². The molecule has 230 valence electrons. The molecule has 1 heterocycles. The van der Waals surface area contributed by atoms with Gasteiger partial charge in [-0.15, -0.1) is 0 Å². The summed E-state index contributed by atoms with van der Waals surface area (Å²) in [5.41, 5.74) is 12.1. The summed E-state index contributed by atoms with van der Waals surface area (Å²) in [6.07, 6.45) is 0. The van der Waals surface area contributed by atoms with Gasteiger partial charge in [0.2, 0.25) is 0 Å². The molecule has 0 fully saturated rings. The molecule has 1 aromatic heterocycles. The average molecular weight is 625 g/mol. The predicted molar refractivity (Wildman–Crippen MR) is 206 cm³/mol. The Labute approximate surface area is 286 Å².